The number of hydrogen-bond acceptors (Lipinski definition) is 5. The smallest absolute Gasteiger partial charge is 0.365 e. The van der Waals surface area contributed by atoms with E-state index in [1.165, 1.54) is 22.8 Å². The molecule has 0 spiro atoms. The molecule has 0 saturated heterocycles. The molecule has 2 aromatic rings. The van der Waals surface area contributed by atoms with Crippen molar-refractivity contribution in [2.24, 2.45) is 18.4 Å². The fraction of sp³-hybridized carbons (Fsp3) is 0.429. The van der Waals surface area contributed by atoms with Gasteiger partial charge in [-0.1, -0.05) is 19.8 Å². The molecule has 1 amide bonds. The minimum Gasteiger partial charge on any atom is -1.00 e. The van der Waals surface area contributed by atoms with Gasteiger partial charge in [-0.3, -0.25) is 14.4 Å². The molecule has 0 fully saturated rings. The second-order valence-electron chi connectivity index (χ2n) is 10.0. The molecule has 0 saturated carbocycles. The van der Waals surface area contributed by atoms with Crippen molar-refractivity contribution in [3.63, 3.8) is 0 Å². The molecule has 2 rings (SSSR count). The van der Waals surface area contributed by atoms with Gasteiger partial charge < -0.3 is 32.8 Å². The standard InChI is InChI=1S/C28H34FN3O5.ClH/c1-9-28(7,14-37-27(36)23(30)15(2)3)13-21(33)25(34)22-17(5)24(32(8)18(22)6)26(35)31-19-10-11-20(29)16(4)12-19;/h1,10-12,15,23H,13-14,30H2,2-8H3,(H,31,35);1H/t23-,28+;/m0./s1. The van der Waals surface area contributed by atoms with Crippen molar-refractivity contribution in [3.05, 3.63) is 52.1 Å². The van der Waals surface area contributed by atoms with E-state index in [-0.39, 0.29) is 42.6 Å². The number of ketones is 2. The lowest BCUT2D eigenvalue weighted by atomic mass is 9.84. The number of aromatic nitrogens is 1. The molecule has 1 aromatic heterocycles. The minimum atomic E-state index is -1.20. The summed E-state index contributed by atoms with van der Waals surface area (Å²) in [5, 5.41) is 2.71. The molecule has 1 heterocycles. The van der Waals surface area contributed by atoms with Crippen LogP contribution >= 0.6 is 0 Å². The molecule has 8 nitrogen and oxygen atoms in total. The Morgan fingerprint density at radius 1 is 1.21 bits per heavy atom. The number of carbonyl (C=O) groups is 4. The zero-order chi connectivity index (χ0) is 28.2. The van der Waals surface area contributed by atoms with Gasteiger partial charge in [0.05, 0.1) is 11.0 Å². The van der Waals surface area contributed by atoms with Gasteiger partial charge in [-0.05, 0) is 57.0 Å². The summed E-state index contributed by atoms with van der Waals surface area (Å²) in [5.74, 6) is -0.534. The van der Waals surface area contributed by atoms with E-state index in [1.807, 2.05) is 13.8 Å². The zero-order valence-corrected chi connectivity index (χ0v) is 23.6. The van der Waals surface area contributed by atoms with Gasteiger partial charge in [-0.15, -0.1) is 6.42 Å². The second-order valence-corrected chi connectivity index (χ2v) is 10.0. The highest BCUT2D eigenvalue weighted by atomic mass is 35.5. The summed E-state index contributed by atoms with van der Waals surface area (Å²) < 4.78 is 20.4. The largest absolute Gasteiger partial charge is 1.00 e. The zero-order valence-electron chi connectivity index (χ0n) is 22.8. The van der Waals surface area contributed by atoms with Gasteiger partial charge in [-0.2, -0.15) is 0 Å². The number of nitrogens with zero attached hydrogens (tertiary/aromatic N) is 1. The lowest BCUT2D eigenvalue weighted by Crippen LogP contribution is -3.00. The fourth-order valence-electron chi connectivity index (χ4n) is 3.87. The Morgan fingerprint density at radius 2 is 1.82 bits per heavy atom. The Morgan fingerprint density at radius 3 is 2.34 bits per heavy atom. The first-order chi connectivity index (χ1) is 17.1. The number of carbonyl (C=O) groups excluding carboxylic acids is 4. The van der Waals surface area contributed by atoms with Crippen LogP contribution in [0.4, 0.5) is 10.1 Å². The van der Waals surface area contributed by atoms with Crippen molar-refractivity contribution in [1.29, 1.82) is 0 Å². The summed E-state index contributed by atoms with van der Waals surface area (Å²) in [7, 11) is 1.61. The van der Waals surface area contributed by atoms with Gasteiger partial charge in [0, 0.05) is 30.8 Å². The molecule has 2 atom stereocenters. The average Bonchev–Trinajstić information content (AvgIpc) is 3.06. The number of anilines is 1. The fourth-order valence-corrected chi connectivity index (χ4v) is 3.87. The molecular weight excluding hydrogens is 513 g/mol. The number of rotatable bonds is 10. The van der Waals surface area contributed by atoms with Crippen molar-refractivity contribution in [3.8, 4) is 12.3 Å². The third-order valence-electron chi connectivity index (χ3n) is 6.58. The van der Waals surface area contributed by atoms with Crippen LogP contribution in [0, 0.1) is 50.3 Å². The van der Waals surface area contributed by atoms with Crippen LogP contribution in [0.5, 0.6) is 0 Å². The molecule has 0 radical (unpaired) electrons. The van der Waals surface area contributed by atoms with Crippen molar-refractivity contribution < 1.29 is 46.4 Å². The number of benzene rings is 1. The van der Waals surface area contributed by atoms with Gasteiger partial charge in [-0.25, -0.2) is 9.18 Å². The van der Waals surface area contributed by atoms with E-state index in [1.54, 1.807) is 34.7 Å². The van der Waals surface area contributed by atoms with E-state index in [0.29, 0.717) is 22.5 Å². The number of Topliss-reactive ketones (excluding diaryl/α,β-unsaturated/α-hetero) is 2. The van der Waals surface area contributed by atoms with Crippen LogP contribution in [0.15, 0.2) is 18.2 Å². The predicted octanol–water partition coefficient (Wildman–Crippen LogP) is -0.0631. The summed E-state index contributed by atoms with van der Waals surface area (Å²) in [6.45, 7) is 9.79. The van der Waals surface area contributed by atoms with Crippen molar-refractivity contribution in [2.75, 3.05) is 11.9 Å². The number of nitrogens with one attached hydrogen (secondary N) is 1. The highest BCUT2D eigenvalue weighted by Crippen LogP contribution is 2.27. The number of ether oxygens (including phenoxy) is 1. The molecule has 0 aliphatic heterocycles. The normalized spacial score (nSPS) is 13.1. The summed E-state index contributed by atoms with van der Waals surface area (Å²) in [6, 6.07) is 3.60. The molecule has 0 bridgehead atoms. The van der Waals surface area contributed by atoms with Crippen LogP contribution in [0.3, 0.4) is 0 Å². The summed E-state index contributed by atoms with van der Waals surface area (Å²) in [5.41, 5.74) is 4.41. The third kappa shape index (κ3) is 7.09. The average molecular weight is 548 g/mol. The van der Waals surface area contributed by atoms with Crippen LogP contribution in [0.2, 0.25) is 0 Å². The van der Waals surface area contributed by atoms with E-state index in [9.17, 15) is 23.6 Å². The Hall–Kier alpha value is -3.48. The van der Waals surface area contributed by atoms with Crippen molar-refractivity contribution in [1.82, 2.24) is 4.57 Å². The van der Waals surface area contributed by atoms with Gasteiger partial charge in [0.1, 0.15) is 18.1 Å². The minimum absolute atomic E-state index is 0. The first-order valence-corrected chi connectivity index (χ1v) is 11.9. The molecule has 0 aliphatic carbocycles. The first-order valence-electron chi connectivity index (χ1n) is 11.9. The first kappa shape index (κ1) is 32.5. The summed E-state index contributed by atoms with van der Waals surface area (Å²) in [6.07, 6.45) is 5.29. The van der Waals surface area contributed by atoms with E-state index in [0.717, 1.165) is 0 Å². The van der Waals surface area contributed by atoms with Crippen LogP contribution < -0.4 is 23.5 Å². The number of esters is 1. The molecule has 0 unspecified atom stereocenters. The third-order valence-corrected chi connectivity index (χ3v) is 6.58. The van der Waals surface area contributed by atoms with Crippen LogP contribution in [0.25, 0.3) is 0 Å². The lowest BCUT2D eigenvalue weighted by Gasteiger charge is -2.23. The predicted molar refractivity (Wildman–Crippen MR) is 137 cm³/mol. The highest BCUT2D eigenvalue weighted by molar-refractivity contribution is 6.44. The number of amides is 1. The molecule has 38 heavy (non-hydrogen) atoms. The lowest BCUT2D eigenvalue weighted by molar-refractivity contribution is -0.418. The quantitative estimate of drug-likeness (QED) is 0.187. The number of terminal acetylenes is 1. The van der Waals surface area contributed by atoms with Crippen LogP contribution in [-0.4, -0.2) is 40.7 Å². The highest BCUT2D eigenvalue weighted by Gasteiger charge is 2.35. The summed E-state index contributed by atoms with van der Waals surface area (Å²) in [4.78, 5) is 51.5. The Balaban J connectivity index is 0.00000722. The van der Waals surface area contributed by atoms with Gasteiger partial charge >= 0.3 is 5.97 Å². The van der Waals surface area contributed by atoms with Crippen molar-refractivity contribution in [2.45, 2.75) is 54.0 Å². The van der Waals surface area contributed by atoms with Gasteiger partial charge in [0.25, 0.3) is 5.91 Å². The number of halogens is 2. The molecular formula is C28H35ClFN3O5. The maximum Gasteiger partial charge on any atom is 0.365 e. The SMILES string of the molecule is C#C[C@@](C)(COC(=O)[C@@H]([NH3+])C(C)C)CC(=O)C(=O)c1c(C)c(C(=O)Nc2ccc(F)c(C)c2)n(C)c1C.[Cl-]. The summed E-state index contributed by atoms with van der Waals surface area (Å²) >= 11 is 0. The monoisotopic (exact) mass is 547 g/mol. The van der Waals surface area contributed by atoms with Crippen LogP contribution in [0.1, 0.15) is 64.9 Å². The molecule has 206 valence electrons. The Bertz CT molecular complexity index is 1290. The van der Waals surface area contributed by atoms with E-state index in [2.05, 4.69) is 17.0 Å². The van der Waals surface area contributed by atoms with Gasteiger partial charge in [0.15, 0.2) is 6.04 Å². The van der Waals surface area contributed by atoms with Gasteiger partial charge in [0.2, 0.25) is 11.6 Å². The number of hydrogen-bond donors (Lipinski definition) is 2. The maximum atomic E-state index is 13.6. The van der Waals surface area contributed by atoms with E-state index < -0.39 is 40.7 Å². The van der Waals surface area contributed by atoms with E-state index in [4.69, 9.17) is 11.2 Å². The molecule has 0 aliphatic rings. The Kier molecular flexibility index (Phi) is 11.0. The number of aryl methyl sites for hydroxylation is 1. The van der Waals surface area contributed by atoms with Crippen LogP contribution in [-0.2, 0) is 21.4 Å². The molecule has 1 aromatic carbocycles. The maximum absolute atomic E-state index is 13.6. The second kappa shape index (κ2) is 12.9. The Labute approximate surface area is 228 Å². The van der Waals surface area contributed by atoms with E-state index >= 15 is 0 Å². The topological polar surface area (TPSA) is 122 Å². The number of quaternary nitrogens is 1. The van der Waals surface area contributed by atoms with Crippen molar-refractivity contribution >= 4 is 29.1 Å². The molecule has 10 heteroatoms. The molecule has 4 N–H and O–H groups in total.